The van der Waals surface area contributed by atoms with Crippen LogP contribution in [0.3, 0.4) is 0 Å². The van der Waals surface area contributed by atoms with Gasteiger partial charge < -0.3 is 15.8 Å². The highest BCUT2D eigenvalue weighted by Gasteiger charge is 2.27. The molecule has 1 aromatic rings. The molecule has 0 radical (unpaired) electrons. The van der Waals surface area contributed by atoms with Crippen LogP contribution in [0.25, 0.3) is 0 Å². The van der Waals surface area contributed by atoms with E-state index in [2.05, 4.69) is 5.32 Å². The summed E-state index contributed by atoms with van der Waals surface area (Å²) in [6, 6.07) is 7.21. The molecule has 0 aromatic heterocycles. The number of nitrogens with two attached hydrogens (primary N) is 1. The number of β-lactam (4-membered cyclic amide) rings is 1. The van der Waals surface area contributed by atoms with Crippen LogP contribution < -0.4 is 15.8 Å². The highest BCUT2D eigenvalue weighted by atomic mass is 16.5. The minimum Gasteiger partial charge on any atom is -0.468 e. The van der Waals surface area contributed by atoms with Gasteiger partial charge >= 0.3 is 0 Å². The maximum Gasteiger partial charge on any atom is 0.228 e. The first-order chi connectivity index (χ1) is 6.25. The van der Waals surface area contributed by atoms with Crippen LogP contribution in [0.2, 0.25) is 0 Å². The maximum absolute atomic E-state index is 10.6. The summed E-state index contributed by atoms with van der Waals surface area (Å²) >= 11 is 0. The Morgan fingerprint density at radius 2 is 2.15 bits per heavy atom. The molecule has 0 saturated carbocycles. The summed E-state index contributed by atoms with van der Waals surface area (Å²) < 4.78 is 5.39. The van der Waals surface area contributed by atoms with Gasteiger partial charge in [-0.15, -0.1) is 0 Å². The molecular weight excluding hydrogens is 168 g/mol. The number of benzene rings is 1. The maximum atomic E-state index is 10.6. The number of ether oxygens (including phenoxy) is 1. The van der Waals surface area contributed by atoms with Gasteiger partial charge in [-0.3, -0.25) is 4.79 Å². The minimum absolute atomic E-state index is 0.0134. The third kappa shape index (κ3) is 1.56. The smallest absolute Gasteiger partial charge is 0.228 e. The fourth-order valence-corrected chi connectivity index (χ4v) is 1.14. The fraction of sp³-hybridized carbons (Fsp3) is 0.222. The second-order valence-electron chi connectivity index (χ2n) is 2.92. The van der Waals surface area contributed by atoms with Gasteiger partial charge in [-0.2, -0.15) is 0 Å². The molecule has 0 aliphatic carbocycles. The summed E-state index contributed by atoms with van der Waals surface area (Å²) in [7, 11) is 0. The van der Waals surface area contributed by atoms with Gasteiger partial charge in [0.05, 0.1) is 12.1 Å². The lowest BCUT2D eigenvalue weighted by Crippen LogP contribution is -2.51. The average Bonchev–Trinajstić information content (AvgIpc) is 2.06. The number of carbonyl (C=O) groups excluding carboxylic acids is 1. The van der Waals surface area contributed by atoms with Crippen LogP contribution in [0.1, 0.15) is 6.42 Å². The molecule has 1 heterocycles. The monoisotopic (exact) mass is 178 g/mol. The Bertz CT molecular complexity index is 330. The molecule has 1 atom stereocenters. The molecule has 3 N–H and O–H groups in total. The molecule has 1 aliphatic heterocycles. The van der Waals surface area contributed by atoms with E-state index in [0.29, 0.717) is 17.9 Å². The van der Waals surface area contributed by atoms with Crippen LogP contribution in [0, 0.1) is 0 Å². The summed E-state index contributed by atoms with van der Waals surface area (Å²) in [5.74, 6) is 0.631. The second kappa shape index (κ2) is 2.97. The van der Waals surface area contributed by atoms with E-state index in [1.54, 1.807) is 12.1 Å². The molecule has 4 nitrogen and oxygen atoms in total. The number of hydrogen-bond acceptors (Lipinski definition) is 3. The van der Waals surface area contributed by atoms with Gasteiger partial charge in [0.25, 0.3) is 0 Å². The number of anilines is 1. The number of rotatable bonds is 2. The molecular formula is C9H10N2O2. The summed E-state index contributed by atoms with van der Waals surface area (Å²) in [6.07, 6.45) is 0.200. The fourth-order valence-electron chi connectivity index (χ4n) is 1.14. The topological polar surface area (TPSA) is 64.3 Å². The average molecular weight is 178 g/mol. The molecule has 13 heavy (non-hydrogen) atoms. The quantitative estimate of drug-likeness (QED) is 0.511. The van der Waals surface area contributed by atoms with Crippen molar-refractivity contribution in [3.05, 3.63) is 24.3 Å². The molecule has 1 saturated heterocycles. The summed E-state index contributed by atoms with van der Waals surface area (Å²) in [5, 5.41) is 2.60. The SMILES string of the molecule is Nc1ccccc1O[C@@H]1CC(=O)N1. The van der Waals surface area contributed by atoms with E-state index in [4.69, 9.17) is 10.5 Å². The molecule has 1 aliphatic rings. The normalized spacial score (nSPS) is 20.3. The summed E-state index contributed by atoms with van der Waals surface area (Å²) in [6.45, 7) is 0. The van der Waals surface area contributed by atoms with Crippen molar-refractivity contribution < 1.29 is 9.53 Å². The van der Waals surface area contributed by atoms with E-state index in [1.165, 1.54) is 0 Å². The van der Waals surface area contributed by atoms with E-state index in [9.17, 15) is 4.79 Å². The van der Waals surface area contributed by atoms with Crippen molar-refractivity contribution >= 4 is 11.6 Å². The van der Waals surface area contributed by atoms with E-state index in [0.717, 1.165) is 0 Å². The number of nitrogens with one attached hydrogen (secondary N) is 1. The number of amides is 1. The van der Waals surface area contributed by atoms with Gasteiger partial charge in [0.2, 0.25) is 5.91 Å². The van der Waals surface area contributed by atoms with Crippen LogP contribution in [0.5, 0.6) is 5.75 Å². The molecule has 1 aromatic carbocycles. The lowest BCUT2D eigenvalue weighted by atomic mass is 10.2. The second-order valence-corrected chi connectivity index (χ2v) is 2.92. The summed E-state index contributed by atoms with van der Waals surface area (Å²) in [5.41, 5.74) is 6.23. The van der Waals surface area contributed by atoms with E-state index >= 15 is 0 Å². The number of hydrogen-bond donors (Lipinski definition) is 2. The highest BCUT2D eigenvalue weighted by molar-refractivity contribution is 5.82. The Labute approximate surface area is 75.7 Å². The Hall–Kier alpha value is -1.71. The predicted molar refractivity (Wildman–Crippen MR) is 48.0 cm³/mol. The first-order valence-electron chi connectivity index (χ1n) is 4.06. The molecule has 4 heteroatoms. The van der Waals surface area contributed by atoms with Crippen LogP contribution in [-0.4, -0.2) is 12.1 Å². The third-order valence-corrected chi connectivity index (χ3v) is 1.88. The lowest BCUT2D eigenvalue weighted by Gasteiger charge is -2.27. The zero-order valence-electron chi connectivity index (χ0n) is 6.99. The van der Waals surface area contributed by atoms with Gasteiger partial charge in [-0.25, -0.2) is 0 Å². The van der Waals surface area contributed by atoms with Crippen LogP contribution in [0.15, 0.2) is 24.3 Å². The van der Waals surface area contributed by atoms with Gasteiger partial charge in [0.1, 0.15) is 5.75 Å². The van der Waals surface area contributed by atoms with Crippen molar-refractivity contribution in [3.8, 4) is 5.75 Å². The van der Waals surface area contributed by atoms with Gasteiger partial charge in [0, 0.05) is 0 Å². The molecule has 0 unspecified atom stereocenters. The van der Waals surface area contributed by atoms with E-state index in [-0.39, 0.29) is 12.1 Å². The van der Waals surface area contributed by atoms with Gasteiger partial charge in [-0.05, 0) is 12.1 Å². The van der Waals surface area contributed by atoms with Crippen LogP contribution in [-0.2, 0) is 4.79 Å². The van der Waals surface area contributed by atoms with Gasteiger partial charge in [-0.1, -0.05) is 12.1 Å². The van der Waals surface area contributed by atoms with Crippen molar-refractivity contribution in [2.75, 3.05) is 5.73 Å². The number of nitrogen functional groups attached to an aromatic ring is 1. The predicted octanol–water partition coefficient (Wildman–Crippen LogP) is 0.494. The summed E-state index contributed by atoms with van der Waals surface area (Å²) in [4.78, 5) is 10.6. The Kier molecular flexibility index (Phi) is 1.81. The molecule has 1 amide bonds. The van der Waals surface area contributed by atoms with Crippen molar-refractivity contribution in [1.29, 1.82) is 0 Å². The number of para-hydroxylation sites is 2. The largest absolute Gasteiger partial charge is 0.468 e. The third-order valence-electron chi connectivity index (χ3n) is 1.88. The molecule has 0 spiro atoms. The Morgan fingerprint density at radius 3 is 2.77 bits per heavy atom. The molecule has 2 rings (SSSR count). The molecule has 0 bridgehead atoms. The highest BCUT2D eigenvalue weighted by Crippen LogP contribution is 2.22. The Balaban J connectivity index is 2.02. The zero-order chi connectivity index (χ0) is 9.26. The van der Waals surface area contributed by atoms with Crippen molar-refractivity contribution in [1.82, 2.24) is 5.32 Å². The van der Waals surface area contributed by atoms with Crippen molar-refractivity contribution in [2.24, 2.45) is 0 Å². The molecule has 68 valence electrons. The standard InChI is InChI=1S/C9H10N2O2/c10-6-3-1-2-4-7(6)13-9-5-8(12)11-9/h1-4,9H,5,10H2,(H,11,12)/t9-/m1/s1. The Morgan fingerprint density at radius 1 is 1.46 bits per heavy atom. The van der Waals surface area contributed by atoms with Crippen LogP contribution in [0.4, 0.5) is 5.69 Å². The van der Waals surface area contributed by atoms with Gasteiger partial charge in [0.15, 0.2) is 6.23 Å². The van der Waals surface area contributed by atoms with Crippen molar-refractivity contribution in [3.63, 3.8) is 0 Å². The minimum atomic E-state index is -0.211. The van der Waals surface area contributed by atoms with Crippen LogP contribution >= 0.6 is 0 Å². The van der Waals surface area contributed by atoms with E-state index in [1.807, 2.05) is 12.1 Å². The first-order valence-corrected chi connectivity index (χ1v) is 4.06. The first kappa shape index (κ1) is 7.91. The lowest BCUT2D eigenvalue weighted by molar-refractivity contribution is -0.134. The van der Waals surface area contributed by atoms with Crippen molar-refractivity contribution in [2.45, 2.75) is 12.6 Å². The number of carbonyl (C=O) groups is 1. The molecule has 1 fully saturated rings. The van der Waals surface area contributed by atoms with E-state index < -0.39 is 0 Å². The zero-order valence-corrected chi connectivity index (χ0v) is 6.99.